The first-order valence-electron chi connectivity index (χ1n) is 7.55. The fourth-order valence-corrected chi connectivity index (χ4v) is 2.68. The second-order valence-electron chi connectivity index (χ2n) is 6.13. The average molecular weight is 240 g/mol. The number of rotatable bonds is 6. The second kappa shape index (κ2) is 7.38. The van der Waals surface area contributed by atoms with Crippen molar-refractivity contribution < 1.29 is 0 Å². The van der Waals surface area contributed by atoms with Crippen LogP contribution < -0.4 is 5.32 Å². The first kappa shape index (κ1) is 15.0. The lowest BCUT2D eigenvalue weighted by Gasteiger charge is -2.42. The number of hydrogen-bond acceptors (Lipinski definition) is 2. The van der Waals surface area contributed by atoms with Gasteiger partial charge in [-0.05, 0) is 24.7 Å². The minimum absolute atomic E-state index is 0.724. The summed E-state index contributed by atoms with van der Waals surface area (Å²) in [5.41, 5.74) is 0. The number of nitrogens with zero attached hydrogens (tertiary/aromatic N) is 1. The first-order chi connectivity index (χ1) is 8.08. The van der Waals surface area contributed by atoms with E-state index in [1.165, 1.54) is 38.9 Å². The lowest BCUT2D eigenvalue weighted by molar-refractivity contribution is 0.0973. The van der Waals surface area contributed by atoms with Gasteiger partial charge in [0.1, 0.15) is 0 Å². The van der Waals surface area contributed by atoms with Crippen LogP contribution in [0.1, 0.15) is 53.9 Å². The molecule has 0 spiro atoms. The SMILES string of the molecule is CCCC1CN(CC(C)C(C)C)C(CC)CN1. The van der Waals surface area contributed by atoms with E-state index < -0.39 is 0 Å². The van der Waals surface area contributed by atoms with Crippen LogP contribution >= 0.6 is 0 Å². The molecule has 1 saturated heterocycles. The summed E-state index contributed by atoms with van der Waals surface area (Å²) in [6.07, 6.45) is 3.89. The van der Waals surface area contributed by atoms with Gasteiger partial charge in [-0.3, -0.25) is 4.90 Å². The van der Waals surface area contributed by atoms with Crippen LogP contribution in [0.15, 0.2) is 0 Å². The van der Waals surface area contributed by atoms with Crippen LogP contribution in [-0.2, 0) is 0 Å². The summed E-state index contributed by atoms with van der Waals surface area (Å²) in [4.78, 5) is 2.74. The Morgan fingerprint density at radius 3 is 2.47 bits per heavy atom. The monoisotopic (exact) mass is 240 g/mol. The molecule has 0 amide bonds. The Kier molecular flexibility index (Phi) is 6.50. The van der Waals surface area contributed by atoms with Crippen molar-refractivity contribution >= 4 is 0 Å². The molecule has 0 aromatic rings. The van der Waals surface area contributed by atoms with E-state index in [0.29, 0.717) is 0 Å². The normalized spacial score (nSPS) is 28.6. The predicted molar refractivity (Wildman–Crippen MR) is 76.4 cm³/mol. The minimum Gasteiger partial charge on any atom is -0.311 e. The van der Waals surface area contributed by atoms with Crippen molar-refractivity contribution in [3.05, 3.63) is 0 Å². The molecular weight excluding hydrogens is 208 g/mol. The highest BCUT2D eigenvalue weighted by Crippen LogP contribution is 2.18. The third kappa shape index (κ3) is 4.59. The van der Waals surface area contributed by atoms with Crippen molar-refractivity contribution in [1.82, 2.24) is 10.2 Å². The van der Waals surface area contributed by atoms with Crippen molar-refractivity contribution in [2.45, 2.75) is 66.0 Å². The van der Waals surface area contributed by atoms with Gasteiger partial charge in [-0.1, -0.05) is 41.0 Å². The quantitative estimate of drug-likeness (QED) is 0.767. The predicted octanol–water partition coefficient (Wildman–Crippen LogP) is 3.13. The van der Waals surface area contributed by atoms with E-state index in [2.05, 4.69) is 44.8 Å². The smallest absolute Gasteiger partial charge is 0.0218 e. The highest BCUT2D eigenvalue weighted by atomic mass is 15.2. The molecule has 17 heavy (non-hydrogen) atoms. The molecule has 1 aliphatic rings. The fraction of sp³-hybridized carbons (Fsp3) is 1.00. The summed E-state index contributed by atoms with van der Waals surface area (Å²) in [7, 11) is 0. The van der Waals surface area contributed by atoms with Crippen LogP contribution in [0.2, 0.25) is 0 Å². The van der Waals surface area contributed by atoms with Gasteiger partial charge in [0.05, 0.1) is 0 Å². The summed E-state index contributed by atoms with van der Waals surface area (Å²) in [5, 5.41) is 3.71. The average Bonchev–Trinajstić information content (AvgIpc) is 2.29. The van der Waals surface area contributed by atoms with Crippen LogP contribution in [-0.4, -0.2) is 36.6 Å². The lowest BCUT2D eigenvalue weighted by atomic mass is 9.95. The van der Waals surface area contributed by atoms with Crippen LogP contribution in [0, 0.1) is 11.8 Å². The topological polar surface area (TPSA) is 15.3 Å². The molecule has 1 aliphatic heterocycles. The molecule has 0 saturated carbocycles. The molecule has 0 aromatic heterocycles. The summed E-state index contributed by atoms with van der Waals surface area (Å²) < 4.78 is 0. The van der Waals surface area contributed by atoms with Gasteiger partial charge in [0, 0.05) is 31.7 Å². The molecule has 1 heterocycles. The van der Waals surface area contributed by atoms with Gasteiger partial charge in [-0.15, -0.1) is 0 Å². The Balaban J connectivity index is 2.50. The summed E-state index contributed by atoms with van der Waals surface area (Å²) in [6, 6.07) is 1.48. The highest BCUT2D eigenvalue weighted by molar-refractivity contribution is 4.86. The summed E-state index contributed by atoms with van der Waals surface area (Å²) >= 11 is 0. The summed E-state index contributed by atoms with van der Waals surface area (Å²) in [6.45, 7) is 15.4. The number of hydrogen-bond donors (Lipinski definition) is 1. The Morgan fingerprint density at radius 2 is 1.94 bits per heavy atom. The first-order valence-corrected chi connectivity index (χ1v) is 7.55. The van der Waals surface area contributed by atoms with E-state index in [4.69, 9.17) is 0 Å². The van der Waals surface area contributed by atoms with Gasteiger partial charge in [-0.25, -0.2) is 0 Å². The maximum Gasteiger partial charge on any atom is 0.0218 e. The van der Waals surface area contributed by atoms with Crippen molar-refractivity contribution in [3.8, 4) is 0 Å². The minimum atomic E-state index is 0.724. The number of nitrogens with one attached hydrogen (secondary N) is 1. The molecule has 0 aliphatic carbocycles. The van der Waals surface area contributed by atoms with Crippen LogP contribution in [0.4, 0.5) is 0 Å². The molecule has 0 aromatic carbocycles. The van der Waals surface area contributed by atoms with Crippen molar-refractivity contribution in [2.24, 2.45) is 11.8 Å². The Labute approximate surface area is 108 Å². The molecule has 0 radical (unpaired) electrons. The molecule has 102 valence electrons. The van der Waals surface area contributed by atoms with Crippen LogP contribution in [0.5, 0.6) is 0 Å². The second-order valence-corrected chi connectivity index (χ2v) is 6.13. The molecule has 1 N–H and O–H groups in total. The maximum atomic E-state index is 3.71. The molecule has 2 heteroatoms. The van der Waals surface area contributed by atoms with E-state index in [0.717, 1.165) is 23.9 Å². The zero-order chi connectivity index (χ0) is 12.8. The van der Waals surface area contributed by atoms with Crippen LogP contribution in [0.25, 0.3) is 0 Å². The standard InChI is InChI=1S/C15H32N2/c1-6-8-14-11-17(10-13(5)12(3)4)15(7-2)9-16-14/h12-16H,6-11H2,1-5H3. The fourth-order valence-electron chi connectivity index (χ4n) is 2.68. The van der Waals surface area contributed by atoms with E-state index in [1.54, 1.807) is 0 Å². The third-order valence-corrected chi connectivity index (χ3v) is 4.38. The summed E-state index contributed by atoms with van der Waals surface area (Å²) in [5.74, 6) is 1.61. The zero-order valence-corrected chi connectivity index (χ0v) is 12.5. The number of piperazine rings is 1. The molecule has 1 rings (SSSR count). The zero-order valence-electron chi connectivity index (χ0n) is 12.5. The molecule has 0 bridgehead atoms. The highest BCUT2D eigenvalue weighted by Gasteiger charge is 2.27. The Hall–Kier alpha value is -0.0800. The van der Waals surface area contributed by atoms with Crippen LogP contribution in [0.3, 0.4) is 0 Å². The maximum absolute atomic E-state index is 3.71. The largest absolute Gasteiger partial charge is 0.311 e. The van der Waals surface area contributed by atoms with Gasteiger partial charge in [0.2, 0.25) is 0 Å². The molecular formula is C15H32N2. The van der Waals surface area contributed by atoms with E-state index in [-0.39, 0.29) is 0 Å². The van der Waals surface area contributed by atoms with Crippen molar-refractivity contribution in [2.75, 3.05) is 19.6 Å². The molecule has 3 unspecified atom stereocenters. The van der Waals surface area contributed by atoms with Crippen molar-refractivity contribution in [3.63, 3.8) is 0 Å². The van der Waals surface area contributed by atoms with Gasteiger partial charge in [-0.2, -0.15) is 0 Å². The van der Waals surface area contributed by atoms with E-state index in [9.17, 15) is 0 Å². The molecule has 3 atom stereocenters. The lowest BCUT2D eigenvalue weighted by Crippen LogP contribution is -2.57. The van der Waals surface area contributed by atoms with Gasteiger partial charge in [0.15, 0.2) is 0 Å². The van der Waals surface area contributed by atoms with E-state index in [1.807, 2.05) is 0 Å². The molecule has 2 nitrogen and oxygen atoms in total. The van der Waals surface area contributed by atoms with E-state index >= 15 is 0 Å². The van der Waals surface area contributed by atoms with Crippen molar-refractivity contribution in [1.29, 1.82) is 0 Å². The third-order valence-electron chi connectivity index (χ3n) is 4.38. The van der Waals surface area contributed by atoms with Gasteiger partial charge >= 0.3 is 0 Å². The molecule has 1 fully saturated rings. The van der Waals surface area contributed by atoms with Gasteiger partial charge in [0.25, 0.3) is 0 Å². The Bertz CT molecular complexity index is 203. The van der Waals surface area contributed by atoms with Gasteiger partial charge < -0.3 is 5.32 Å². The Morgan fingerprint density at radius 1 is 1.24 bits per heavy atom.